The first kappa shape index (κ1) is 12.4. The molecule has 2 N–H and O–H groups in total. The van der Waals surface area contributed by atoms with Gasteiger partial charge < -0.3 is 5.73 Å². The van der Waals surface area contributed by atoms with Gasteiger partial charge in [-0.15, -0.1) is 11.3 Å². The molecular weight excluding hydrogens is 242 g/mol. The maximum Gasteiger partial charge on any atom is 0.180 e. The fourth-order valence-corrected chi connectivity index (χ4v) is 4.17. The van der Waals surface area contributed by atoms with E-state index in [9.17, 15) is 0 Å². The quantitative estimate of drug-likeness (QED) is 0.892. The number of nitrogens with two attached hydrogens (primary N) is 1. The van der Waals surface area contributed by atoms with E-state index in [1.165, 1.54) is 58.0 Å². The van der Waals surface area contributed by atoms with Crippen LogP contribution in [0.2, 0.25) is 0 Å². The van der Waals surface area contributed by atoms with Crippen molar-refractivity contribution in [1.82, 2.24) is 9.88 Å². The molecule has 1 saturated heterocycles. The van der Waals surface area contributed by atoms with Crippen LogP contribution < -0.4 is 5.73 Å². The average Bonchev–Trinajstić information content (AvgIpc) is 2.79. The Kier molecular flexibility index (Phi) is 3.57. The van der Waals surface area contributed by atoms with Gasteiger partial charge in [-0.1, -0.05) is 19.3 Å². The molecule has 2 fully saturated rings. The summed E-state index contributed by atoms with van der Waals surface area (Å²) in [5, 5.41) is 2.80. The fraction of sp³-hybridized carbons (Fsp3) is 0.786. The smallest absolute Gasteiger partial charge is 0.180 e. The summed E-state index contributed by atoms with van der Waals surface area (Å²) in [6.45, 7) is 3.48. The van der Waals surface area contributed by atoms with E-state index in [0.717, 1.165) is 12.2 Å². The number of rotatable bonds is 2. The second kappa shape index (κ2) is 5.17. The van der Waals surface area contributed by atoms with Crippen molar-refractivity contribution in [2.24, 2.45) is 5.41 Å². The molecular formula is C14H23N3S. The molecule has 0 amide bonds. The van der Waals surface area contributed by atoms with Crippen LogP contribution in [0.3, 0.4) is 0 Å². The number of aromatic nitrogens is 1. The van der Waals surface area contributed by atoms with Crippen LogP contribution in [0.1, 0.15) is 50.6 Å². The van der Waals surface area contributed by atoms with Gasteiger partial charge in [-0.25, -0.2) is 4.98 Å². The third kappa shape index (κ3) is 2.69. The molecule has 1 aromatic heterocycles. The molecule has 0 atom stereocenters. The van der Waals surface area contributed by atoms with Crippen LogP contribution in [-0.4, -0.2) is 23.0 Å². The number of likely N-dealkylation sites (tertiary alicyclic amines) is 1. The highest BCUT2D eigenvalue weighted by molar-refractivity contribution is 7.13. The van der Waals surface area contributed by atoms with Crippen LogP contribution >= 0.6 is 11.3 Å². The van der Waals surface area contributed by atoms with Gasteiger partial charge >= 0.3 is 0 Å². The van der Waals surface area contributed by atoms with Crippen LogP contribution in [0.15, 0.2) is 5.38 Å². The number of anilines is 1. The maximum absolute atomic E-state index is 5.68. The highest BCUT2D eigenvalue weighted by Crippen LogP contribution is 2.44. The second-order valence-corrected chi connectivity index (χ2v) is 6.90. The van der Waals surface area contributed by atoms with Crippen molar-refractivity contribution in [2.45, 2.75) is 51.5 Å². The van der Waals surface area contributed by atoms with Crippen LogP contribution in [0.4, 0.5) is 5.13 Å². The first-order valence-corrected chi connectivity index (χ1v) is 8.06. The normalized spacial score (nSPS) is 24.4. The summed E-state index contributed by atoms with van der Waals surface area (Å²) < 4.78 is 0. The summed E-state index contributed by atoms with van der Waals surface area (Å²) in [7, 11) is 0. The van der Waals surface area contributed by atoms with E-state index in [0.29, 0.717) is 10.5 Å². The zero-order valence-electron chi connectivity index (χ0n) is 11.0. The van der Waals surface area contributed by atoms with Gasteiger partial charge in [0.05, 0.1) is 5.69 Å². The van der Waals surface area contributed by atoms with Crippen molar-refractivity contribution in [3.63, 3.8) is 0 Å². The lowest BCUT2D eigenvalue weighted by Gasteiger charge is -2.44. The third-order valence-corrected chi connectivity index (χ3v) is 5.51. The van der Waals surface area contributed by atoms with Gasteiger partial charge in [-0.2, -0.15) is 0 Å². The summed E-state index contributed by atoms with van der Waals surface area (Å²) >= 11 is 1.55. The van der Waals surface area contributed by atoms with Crippen LogP contribution in [0.25, 0.3) is 0 Å². The van der Waals surface area contributed by atoms with E-state index in [-0.39, 0.29) is 0 Å². The molecule has 100 valence electrons. The van der Waals surface area contributed by atoms with Crippen molar-refractivity contribution >= 4 is 16.5 Å². The van der Waals surface area contributed by atoms with E-state index >= 15 is 0 Å². The second-order valence-electron chi connectivity index (χ2n) is 6.01. The Balaban J connectivity index is 1.53. The average molecular weight is 265 g/mol. The standard InChI is InChI=1S/C14H23N3S/c15-13-16-12(11-18-13)10-17-8-6-14(7-9-17)4-2-1-3-5-14/h11H,1-10H2,(H2,15,16). The van der Waals surface area contributed by atoms with Gasteiger partial charge in [0.25, 0.3) is 0 Å². The maximum atomic E-state index is 5.68. The molecule has 2 heterocycles. The highest BCUT2D eigenvalue weighted by atomic mass is 32.1. The summed E-state index contributed by atoms with van der Waals surface area (Å²) in [6.07, 6.45) is 10.1. The predicted octanol–water partition coefficient (Wildman–Crippen LogP) is 3.27. The molecule has 3 nitrogen and oxygen atoms in total. The molecule has 18 heavy (non-hydrogen) atoms. The van der Waals surface area contributed by atoms with Crippen molar-refractivity contribution in [1.29, 1.82) is 0 Å². The molecule has 1 aromatic rings. The highest BCUT2D eigenvalue weighted by Gasteiger charge is 2.35. The van der Waals surface area contributed by atoms with Gasteiger partial charge in [0.15, 0.2) is 5.13 Å². The minimum absolute atomic E-state index is 0.700. The van der Waals surface area contributed by atoms with E-state index in [1.807, 2.05) is 0 Å². The van der Waals surface area contributed by atoms with Gasteiger partial charge in [-0.3, -0.25) is 4.90 Å². The molecule has 1 spiro atoms. The SMILES string of the molecule is Nc1nc(CN2CCC3(CCCCC3)CC2)cs1. The largest absolute Gasteiger partial charge is 0.375 e. The lowest BCUT2D eigenvalue weighted by atomic mass is 9.68. The van der Waals surface area contributed by atoms with E-state index in [4.69, 9.17) is 5.73 Å². The summed E-state index contributed by atoms with van der Waals surface area (Å²) in [6, 6.07) is 0. The Bertz CT molecular complexity index is 385. The molecule has 1 saturated carbocycles. The van der Waals surface area contributed by atoms with E-state index in [2.05, 4.69) is 15.3 Å². The Morgan fingerprint density at radius 3 is 2.50 bits per heavy atom. The van der Waals surface area contributed by atoms with Gasteiger partial charge in [0.1, 0.15) is 0 Å². The number of hydrogen-bond donors (Lipinski definition) is 1. The monoisotopic (exact) mass is 265 g/mol. The Morgan fingerprint density at radius 1 is 1.17 bits per heavy atom. The Labute approximate surface area is 113 Å². The number of thiazole rings is 1. The zero-order chi connectivity index (χ0) is 12.4. The topological polar surface area (TPSA) is 42.1 Å². The lowest BCUT2D eigenvalue weighted by Crippen LogP contribution is -2.40. The van der Waals surface area contributed by atoms with Gasteiger partial charge in [0.2, 0.25) is 0 Å². The predicted molar refractivity (Wildman–Crippen MR) is 76.6 cm³/mol. The van der Waals surface area contributed by atoms with Crippen molar-refractivity contribution in [2.75, 3.05) is 18.8 Å². The molecule has 2 aliphatic rings. The van der Waals surface area contributed by atoms with Crippen molar-refractivity contribution in [3.8, 4) is 0 Å². The molecule has 0 unspecified atom stereocenters. The third-order valence-electron chi connectivity index (χ3n) is 4.79. The molecule has 0 bridgehead atoms. The molecule has 0 radical (unpaired) electrons. The lowest BCUT2D eigenvalue weighted by molar-refractivity contribution is 0.0636. The van der Waals surface area contributed by atoms with Crippen molar-refractivity contribution in [3.05, 3.63) is 11.1 Å². The van der Waals surface area contributed by atoms with E-state index < -0.39 is 0 Å². The Hall–Kier alpha value is -0.610. The zero-order valence-corrected chi connectivity index (χ0v) is 11.8. The summed E-state index contributed by atoms with van der Waals surface area (Å²) in [5.41, 5.74) is 7.54. The first-order valence-electron chi connectivity index (χ1n) is 7.18. The summed E-state index contributed by atoms with van der Waals surface area (Å²) in [4.78, 5) is 6.91. The van der Waals surface area contributed by atoms with Crippen LogP contribution in [0.5, 0.6) is 0 Å². The molecule has 1 aliphatic heterocycles. The van der Waals surface area contributed by atoms with Crippen molar-refractivity contribution < 1.29 is 0 Å². The number of hydrogen-bond acceptors (Lipinski definition) is 4. The van der Waals surface area contributed by atoms with Gasteiger partial charge in [-0.05, 0) is 44.2 Å². The molecule has 4 heteroatoms. The fourth-order valence-electron chi connectivity index (χ4n) is 3.61. The van der Waals surface area contributed by atoms with Gasteiger partial charge in [0, 0.05) is 11.9 Å². The van der Waals surface area contributed by atoms with Crippen LogP contribution in [0, 0.1) is 5.41 Å². The number of nitrogens with zero attached hydrogens (tertiary/aromatic N) is 2. The minimum atomic E-state index is 0.700. The Morgan fingerprint density at radius 2 is 1.89 bits per heavy atom. The van der Waals surface area contributed by atoms with E-state index in [1.54, 1.807) is 11.3 Å². The molecule has 3 rings (SSSR count). The van der Waals surface area contributed by atoms with Crippen LogP contribution in [-0.2, 0) is 6.54 Å². The molecule has 1 aliphatic carbocycles. The summed E-state index contributed by atoms with van der Waals surface area (Å²) in [5.74, 6) is 0. The number of piperidine rings is 1. The number of nitrogen functional groups attached to an aromatic ring is 1. The minimum Gasteiger partial charge on any atom is -0.375 e. The first-order chi connectivity index (χ1) is 8.76. The molecule has 0 aromatic carbocycles.